The van der Waals surface area contributed by atoms with Crippen molar-refractivity contribution in [2.45, 2.75) is 6.61 Å². The minimum atomic E-state index is 0.375. The molecule has 5 nitrogen and oxygen atoms in total. The van der Waals surface area contributed by atoms with Gasteiger partial charge in [0.2, 0.25) is 0 Å². The van der Waals surface area contributed by atoms with Gasteiger partial charge in [-0.05, 0) is 54.1 Å². The highest BCUT2D eigenvalue weighted by Crippen LogP contribution is 2.26. The van der Waals surface area contributed by atoms with Crippen LogP contribution in [0.25, 0.3) is 17.1 Å². The largest absolute Gasteiger partial charge is 0.497 e. The molecule has 3 aromatic carbocycles. The third-order valence-corrected chi connectivity index (χ3v) is 4.56. The molecule has 0 amide bonds. The van der Waals surface area contributed by atoms with Gasteiger partial charge in [0.05, 0.1) is 7.11 Å². The first kappa shape index (κ1) is 18.5. The molecule has 0 spiro atoms. The molecule has 0 bridgehead atoms. The van der Waals surface area contributed by atoms with Crippen molar-refractivity contribution >= 4 is 6.29 Å². The van der Waals surface area contributed by atoms with Crippen LogP contribution in [0.4, 0.5) is 0 Å². The highest BCUT2D eigenvalue weighted by atomic mass is 16.5. The van der Waals surface area contributed by atoms with Gasteiger partial charge in [-0.15, -0.1) is 0 Å². The van der Waals surface area contributed by atoms with Crippen LogP contribution in [-0.2, 0) is 6.61 Å². The summed E-state index contributed by atoms with van der Waals surface area (Å²) in [4.78, 5) is 15.7. The predicted octanol–water partition coefficient (Wildman–Crippen LogP) is 4.94. The van der Waals surface area contributed by atoms with E-state index in [1.165, 1.54) is 0 Å². The van der Waals surface area contributed by atoms with E-state index >= 15 is 0 Å². The number of benzene rings is 3. The summed E-state index contributed by atoms with van der Waals surface area (Å²) in [5, 5.41) is 0. The molecule has 144 valence electrons. The molecule has 4 rings (SSSR count). The average molecular weight is 384 g/mol. The molecule has 0 saturated heterocycles. The maximum absolute atomic E-state index is 11.3. The van der Waals surface area contributed by atoms with E-state index in [0.29, 0.717) is 18.1 Å². The van der Waals surface area contributed by atoms with Gasteiger partial charge in [-0.2, -0.15) is 0 Å². The number of hydrogen-bond donors (Lipinski definition) is 0. The molecule has 0 N–H and O–H groups in total. The first-order valence-electron chi connectivity index (χ1n) is 9.23. The fourth-order valence-corrected chi connectivity index (χ4v) is 3.04. The van der Waals surface area contributed by atoms with Gasteiger partial charge in [-0.1, -0.05) is 30.3 Å². The molecule has 0 aliphatic carbocycles. The zero-order valence-corrected chi connectivity index (χ0v) is 16.0. The van der Waals surface area contributed by atoms with Gasteiger partial charge in [0, 0.05) is 17.4 Å². The normalized spacial score (nSPS) is 10.5. The van der Waals surface area contributed by atoms with Gasteiger partial charge in [0.1, 0.15) is 29.6 Å². The van der Waals surface area contributed by atoms with Gasteiger partial charge in [0.25, 0.3) is 0 Å². The lowest BCUT2D eigenvalue weighted by Gasteiger charge is -2.10. The van der Waals surface area contributed by atoms with Crippen LogP contribution < -0.4 is 9.47 Å². The van der Waals surface area contributed by atoms with Crippen LogP contribution >= 0.6 is 0 Å². The Hall–Kier alpha value is -3.86. The van der Waals surface area contributed by atoms with E-state index in [1.807, 2.05) is 83.4 Å². The molecule has 0 aliphatic rings. The van der Waals surface area contributed by atoms with Crippen LogP contribution in [-0.4, -0.2) is 22.9 Å². The number of imidazole rings is 1. The molecule has 1 aromatic heterocycles. The van der Waals surface area contributed by atoms with Crippen molar-refractivity contribution in [3.8, 4) is 28.6 Å². The minimum Gasteiger partial charge on any atom is -0.497 e. The molecule has 0 atom stereocenters. The number of rotatable bonds is 7. The number of carbonyl (C=O) groups excluding carboxylic acids is 1. The van der Waals surface area contributed by atoms with Crippen molar-refractivity contribution in [2.75, 3.05) is 7.11 Å². The summed E-state index contributed by atoms with van der Waals surface area (Å²) in [6.07, 6.45) is 2.48. The predicted molar refractivity (Wildman–Crippen MR) is 112 cm³/mol. The third-order valence-electron chi connectivity index (χ3n) is 4.56. The minimum absolute atomic E-state index is 0.375. The first-order valence-corrected chi connectivity index (χ1v) is 9.23. The van der Waals surface area contributed by atoms with Gasteiger partial charge in [0.15, 0.2) is 6.29 Å². The summed E-state index contributed by atoms with van der Waals surface area (Å²) in [5.41, 5.74) is 3.27. The fraction of sp³-hybridized carbons (Fsp3) is 0.0833. The zero-order valence-electron chi connectivity index (χ0n) is 16.0. The maximum atomic E-state index is 11.3. The molecule has 5 heteroatoms. The average Bonchev–Trinajstić information content (AvgIpc) is 3.23. The summed E-state index contributed by atoms with van der Waals surface area (Å²) < 4.78 is 13.0. The SMILES string of the molecule is COc1ccc(-c2nc(C=O)cn2-c2ccc(OCc3ccccc3)cc2)cc1. The number of hydrogen-bond acceptors (Lipinski definition) is 4. The van der Waals surface area contributed by atoms with Gasteiger partial charge in [-0.25, -0.2) is 4.98 Å². The lowest BCUT2D eigenvalue weighted by atomic mass is 10.2. The van der Waals surface area contributed by atoms with Gasteiger partial charge >= 0.3 is 0 Å². The van der Waals surface area contributed by atoms with Crippen molar-refractivity contribution in [1.82, 2.24) is 9.55 Å². The number of aldehydes is 1. The van der Waals surface area contributed by atoms with Crippen molar-refractivity contribution in [1.29, 1.82) is 0 Å². The number of ether oxygens (including phenoxy) is 2. The van der Waals surface area contributed by atoms with Crippen LogP contribution in [0.1, 0.15) is 16.1 Å². The van der Waals surface area contributed by atoms with E-state index in [0.717, 1.165) is 34.6 Å². The molecule has 4 aromatic rings. The van der Waals surface area contributed by atoms with E-state index in [-0.39, 0.29) is 0 Å². The quantitative estimate of drug-likeness (QED) is 0.424. The Balaban J connectivity index is 1.58. The van der Waals surface area contributed by atoms with Crippen LogP contribution in [0.5, 0.6) is 11.5 Å². The topological polar surface area (TPSA) is 53.3 Å². The molecule has 0 radical (unpaired) electrons. The van der Waals surface area contributed by atoms with E-state index in [1.54, 1.807) is 13.3 Å². The smallest absolute Gasteiger partial charge is 0.170 e. The van der Waals surface area contributed by atoms with E-state index in [2.05, 4.69) is 4.98 Å². The summed E-state index contributed by atoms with van der Waals surface area (Å²) in [5.74, 6) is 2.23. The second kappa shape index (κ2) is 8.44. The Morgan fingerprint density at radius 3 is 2.24 bits per heavy atom. The van der Waals surface area contributed by atoms with Crippen LogP contribution in [0.3, 0.4) is 0 Å². The summed E-state index contributed by atoms with van der Waals surface area (Å²) in [6, 6.07) is 25.3. The van der Waals surface area contributed by atoms with E-state index in [9.17, 15) is 4.79 Å². The second-order valence-corrected chi connectivity index (χ2v) is 6.47. The van der Waals surface area contributed by atoms with Crippen molar-refractivity contribution in [3.05, 3.63) is 96.3 Å². The van der Waals surface area contributed by atoms with Crippen LogP contribution in [0.15, 0.2) is 85.1 Å². The van der Waals surface area contributed by atoms with Crippen LogP contribution in [0.2, 0.25) is 0 Å². The molecule has 1 heterocycles. The van der Waals surface area contributed by atoms with Crippen molar-refractivity contribution in [2.24, 2.45) is 0 Å². The summed E-state index contributed by atoms with van der Waals surface area (Å²) in [7, 11) is 1.63. The number of carbonyl (C=O) groups is 1. The molecular weight excluding hydrogens is 364 g/mol. The van der Waals surface area contributed by atoms with Crippen molar-refractivity contribution in [3.63, 3.8) is 0 Å². The highest BCUT2D eigenvalue weighted by molar-refractivity contribution is 5.74. The Labute approximate surface area is 169 Å². The van der Waals surface area contributed by atoms with Crippen LogP contribution in [0, 0.1) is 0 Å². The standard InChI is InChI=1S/C24H20N2O3/c1-28-22-11-7-19(8-12-22)24-25-20(16-27)15-26(24)21-9-13-23(14-10-21)29-17-18-5-3-2-4-6-18/h2-16H,17H2,1H3. The lowest BCUT2D eigenvalue weighted by molar-refractivity contribution is 0.111. The molecule has 29 heavy (non-hydrogen) atoms. The molecular formula is C24H20N2O3. The van der Waals surface area contributed by atoms with Gasteiger partial charge < -0.3 is 9.47 Å². The first-order chi connectivity index (χ1) is 14.3. The number of aromatic nitrogens is 2. The maximum Gasteiger partial charge on any atom is 0.170 e. The second-order valence-electron chi connectivity index (χ2n) is 6.47. The van der Waals surface area contributed by atoms with E-state index < -0.39 is 0 Å². The Kier molecular flexibility index (Phi) is 5.38. The molecule has 0 fully saturated rings. The Morgan fingerprint density at radius 1 is 0.897 bits per heavy atom. The fourth-order valence-electron chi connectivity index (χ4n) is 3.04. The third kappa shape index (κ3) is 4.19. The highest BCUT2D eigenvalue weighted by Gasteiger charge is 2.12. The zero-order chi connectivity index (χ0) is 20.1. The van der Waals surface area contributed by atoms with E-state index in [4.69, 9.17) is 9.47 Å². The number of nitrogens with zero attached hydrogens (tertiary/aromatic N) is 2. The van der Waals surface area contributed by atoms with Gasteiger partial charge in [-0.3, -0.25) is 9.36 Å². The number of methoxy groups -OCH3 is 1. The summed E-state index contributed by atoms with van der Waals surface area (Å²) >= 11 is 0. The Morgan fingerprint density at radius 2 is 1.59 bits per heavy atom. The van der Waals surface area contributed by atoms with Crippen molar-refractivity contribution < 1.29 is 14.3 Å². The Bertz CT molecular complexity index is 1090. The molecule has 0 aliphatic heterocycles. The lowest BCUT2D eigenvalue weighted by Crippen LogP contribution is -1.98. The molecule has 0 unspecified atom stereocenters. The monoisotopic (exact) mass is 384 g/mol. The summed E-state index contributed by atoms with van der Waals surface area (Å²) in [6.45, 7) is 0.512. The molecule has 0 saturated carbocycles.